The van der Waals surface area contributed by atoms with Crippen molar-refractivity contribution in [1.82, 2.24) is 5.32 Å². The number of aliphatic hydroxyl groups excluding tert-OH is 1. The van der Waals surface area contributed by atoms with Gasteiger partial charge in [-0.25, -0.2) is 9.18 Å². The van der Waals surface area contributed by atoms with Crippen LogP contribution in [0, 0.1) is 5.82 Å². The number of hydrogen-bond acceptors (Lipinski definition) is 5. The maximum atomic E-state index is 14.3. The molecule has 2 aliphatic rings. The predicted molar refractivity (Wildman–Crippen MR) is 83.4 cm³/mol. The van der Waals surface area contributed by atoms with Crippen LogP contribution in [0.2, 0.25) is 0 Å². The van der Waals surface area contributed by atoms with Gasteiger partial charge in [-0.15, -0.1) is 12.4 Å². The topological polar surface area (TPSA) is 65.0 Å². The van der Waals surface area contributed by atoms with E-state index in [4.69, 9.17) is 4.74 Å². The molecule has 6 nitrogen and oxygen atoms in total. The van der Waals surface area contributed by atoms with Crippen molar-refractivity contribution in [2.45, 2.75) is 6.04 Å². The van der Waals surface area contributed by atoms with E-state index in [1.54, 1.807) is 12.1 Å². The lowest BCUT2D eigenvalue weighted by atomic mass is 10.2. The molecule has 0 radical (unpaired) electrons. The average Bonchev–Trinajstić information content (AvgIpc) is 2.89. The van der Waals surface area contributed by atoms with E-state index in [9.17, 15) is 14.3 Å². The van der Waals surface area contributed by atoms with Crippen LogP contribution in [-0.2, 0) is 4.74 Å². The summed E-state index contributed by atoms with van der Waals surface area (Å²) in [6.45, 7) is 3.06. The van der Waals surface area contributed by atoms with Crippen molar-refractivity contribution in [2.75, 3.05) is 49.2 Å². The second-order valence-corrected chi connectivity index (χ2v) is 5.16. The first-order valence-electron chi connectivity index (χ1n) is 7.03. The Hall–Kier alpha value is -1.57. The quantitative estimate of drug-likeness (QED) is 0.864. The number of nitrogens with zero attached hydrogens (tertiary/aromatic N) is 2. The summed E-state index contributed by atoms with van der Waals surface area (Å²) in [5.74, 6) is -0.370. The van der Waals surface area contributed by atoms with Crippen molar-refractivity contribution in [1.29, 1.82) is 0 Å². The number of benzene rings is 1. The summed E-state index contributed by atoms with van der Waals surface area (Å²) in [6, 6.07) is 4.24. The number of carbonyl (C=O) groups excluding carboxylic acids is 1. The molecule has 22 heavy (non-hydrogen) atoms. The molecular formula is C14H19ClFN3O3. The second-order valence-electron chi connectivity index (χ2n) is 5.16. The van der Waals surface area contributed by atoms with E-state index in [0.29, 0.717) is 11.4 Å². The average molecular weight is 332 g/mol. The molecule has 0 aromatic heterocycles. The van der Waals surface area contributed by atoms with Gasteiger partial charge >= 0.3 is 6.09 Å². The Kier molecular flexibility index (Phi) is 5.44. The minimum atomic E-state index is -0.552. The van der Waals surface area contributed by atoms with Crippen LogP contribution in [0.3, 0.4) is 0 Å². The number of anilines is 2. The molecule has 2 saturated heterocycles. The third-order valence-corrected chi connectivity index (χ3v) is 3.84. The number of piperazine rings is 1. The number of rotatable bonds is 3. The van der Waals surface area contributed by atoms with E-state index in [1.165, 1.54) is 11.0 Å². The van der Waals surface area contributed by atoms with Crippen molar-refractivity contribution >= 4 is 29.9 Å². The zero-order valence-electron chi connectivity index (χ0n) is 12.0. The molecule has 2 aliphatic heterocycles. The van der Waals surface area contributed by atoms with Crippen LogP contribution in [0.5, 0.6) is 0 Å². The summed E-state index contributed by atoms with van der Waals surface area (Å²) in [5, 5.41) is 12.5. The molecule has 1 aromatic rings. The predicted octanol–water partition coefficient (Wildman–Crippen LogP) is 0.975. The molecular weight excluding hydrogens is 313 g/mol. The van der Waals surface area contributed by atoms with Crippen molar-refractivity contribution in [3.8, 4) is 0 Å². The SMILES string of the molecule is Cl.O=C1OC[C@@H](CO)N1c1ccc(N2CCNCC2)c(F)c1. The first-order chi connectivity index (χ1) is 10.2. The Labute approximate surface area is 134 Å². The van der Waals surface area contributed by atoms with Gasteiger partial charge in [0, 0.05) is 26.2 Å². The Morgan fingerprint density at radius 2 is 2.09 bits per heavy atom. The number of ether oxygens (including phenoxy) is 1. The van der Waals surface area contributed by atoms with Crippen LogP contribution >= 0.6 is 12.4 Å². The third kappa shape index (κ3) is 3.11. The third-order valence-electron chi connectivity index (χ3n) is 3.84. The highest BCUT2D eigenvalue weighted by Crippen LogP contribution is 2.28. The molecule has 3 rings (SSSR count). The molecule has 0 unspecified atom stereocenters. The maximum Gasteiger partial charge on any atom is 0.414 e. The molecule has 0 aliphatic carbocycles. The highest BCUT2D eigenvalue weighted by atomic mass is 35.5. The van der Waals surface area contributed by atoms with E-state index in [2.05, 4.69) is 5.32 Å². The highest BCUT2D eigenvalue weighted by Gasteiger charge is 2.34. The van der Waals surface area contributed by atoms with E-state index < -0.39 is 12.1 Å². The second kappa shape index (κ2) is 7.13. The van der Waals surface area contributed by atoms with Gasteiger partial charge in [0.25, 0.3) is 0 Å². The van der Waals surface area contributed by atoms with E-state index >= 15 is 0 Å². The number of carbonyl (C=O) groups is 1. The molecule has 122 valence electrons. The smallest absolute Gasteiger partial charge is 0.414 e. The molecule has 2 fully saturated rings. The normalized spacial score (nSPS) is 21.5. The van der Waals surface area contributed by atoms with Gasteiger partial charge in [0.15, 0.2) is 0 Å². The van der Waals surface area contributed by atoms with Crippen molar-refractivity contribution in [3.05, 3.63) is 24.0 Å². The van der Waals surface area contributed by atoms with Crippen LogP contribution < -0.4 is 15.1 Å². The summed E-state index contributed by atoms with van der Waals surface area (Å²) in [4.78, 5) is 15.0. The summed E-state index contributed by atoms with van der Waals surface area (Å²) in [6.07, 6.45) is -0.552. The van der Waals surface area contributed by atoms with Gasteiger partial charge < -0.3 is 20.1 Å². The largest absolute Gasteiger partial charge is 0.447 e. The van der Waals surface area contributed by atoms with Crippen LogP contribution in [-0.4, -0.2) is 56.6 Å². The van der Waals surface area contributed by atoms with E-state index in [1.807, 2.05) is 4.90 Å². The molecule has 2 heterocycles. The fraction of sp³-hybridized carbons (Fsp3) is 0.500. The molecule has 2 N–H and O–H groups in total. The van der Waals surface area contributed by atoms with Crippen LogP contribution in [0.1, 0.15) is 0 Å². The number of hydrogen-bond donors (Lipinski definition) is 2. The van der Waals surface area contributed by atoms with Gasteiger partial charge in [-0.2, -0.15) is 0 Å². The monoisotopic (exact) mass is 331 g/mol. The lowest BCUT2D eigenvalue weighted by Gasteiger charge is -2.30. The summed E-state index contributed by atoms with van der Waals surface area (Å²) >= 11 is 0. The van der Waals surface area contributed by atoms with Gasteiger partial charge in [0.2, 0.25) is 0 Å². The lowest BCUT2D eigenvalue weighted by Crippen LogP contribution is -2.44. The minimum absolute atomic E-state index is 0. The lowest BCUT2D eigenvalue weighted by molar-refractivity contribution is 0.174. The standard InChI is InChI=1S/C14H18FN3O3.ClH/c15-12-7-10(18-11(8-19)9-21-14(18)20)1-2-13(12)17-5-3-16-4-6-17;/h1-2,7,11,16,19H,3-6,8-9H2;1H/t11-;/m1./s1. The number of aliphatic hydroxyl groups is 1. The molecule has 8 heteroatoms. The fourth-order valence-corrected chi connectivity index (χ4v) is 2.72. The van der Waals surface area contributed by atoms with Crippen LogP contribution in [0.25, 0.3) is 0 Å². The van der Waals surface area contributed by atoms with Crippen molar-refractivity contribution in [3.63, 3.8) is 0 Å². The molecule has 1 atom stereocenters. The van der Waals surface area contributed by atoms with Crippen molar-refractivity contribution in [2.24, 2.45) is 0 Å². The van der Waals surface area contributed by atoms with Crippen LogP contribution in [0.4, 0.5) is 20.6 Å². The van der Waals surface area contributed by atoms with Crippen LogP contribution in [0.15, 0.2) is 18.2 Å². The zero-order valence-corrected chi connectivity index (χ0v) is 12.8. The van der Waals surface area contributed by atoms with Gasteiger partial charge in [0.1, 0.15) is 12.4 Å². The van der Waals surface area contributed by atoms with Gasteiger partial charge in [-0.3, -0.25) is 4.90 Å². The zero-order chi connectivity index (χ0) is 14.8. The first kappa shape index (κ1) is 16.8. The summed E-state index contributed by atoms with van der Waals surface area (Å²) in [7, 11) is 0. The fourth-order valence-electron chi connectivity index (χ4n) is 2.72. The minimum Gasteiger partial charge on any atom is -0.447 e. The first-order valence-corrected chi connectivity index (χ1v) is 7.03. The van der Waals surface area contributed by atoms with Gasteiger partial charge in [0.05, 0.1) is 24.0 Å². The van der Waals surface area contributed by atoms with Crippen molar-refractivity contribution < 1.29 is 19.0 Å². The number of nitrogens with one attached hydrogen (secondary N) is 1. The molecule has 1 amide bonds. The summed E-state index contributed by atoms with van der Waals surface area (Å²) < 4.78 is 19.2. The maximum absolute atomic E-state index is 14.3. The molecule has 0 bridgehead atoms. The van der Waals surface area contributed by atoms with E-state index in [0.717, 1.165) is 26.2 Å². The molecule has 1 aromatic carbocycles. The molecule has 0 spiro atoms. The van der Waals surface area contributed by atoms with E-state index in [-0.39, 0.29) is 31.4 Å². The van der Waals surface area contributed by atoms with Gasteiger partial charge in [-0.05, 0) is 18.2 Å². The van der Waals surface area contributed by atoms with Gasteiger partial charge in [-0.1, -0.05) is 0 Å². The Morgan fingerprint density at radius 1 is 1.36 bits per heavy atom. The number of halogens is 2. The highest BCUT2D eigenvalue weighted by molar-refractivity contribution is 5.90. The number of amides is 1. The Bertz CT molecular complexity index is 540. The number of cyclic esters (lactones) is 1. The Morgan fingerprint density at radius 3 is 2.73 bits per heavy atom. The molecule has 0 saturated carbocycles. The summed E-state index contributed by atoms with van der Waals surface area (Å²) in [5.41, 5.74) is 0.946. The Balaban J connectivity index is 0.00000176.